The van der Waals surface area contributed by atoms with Gasteiger partial charge in [0.2, 0.25) is 5.79 Å². The Hall–Kier alpha value is -2.59. The summed E-state index contributed by atoms with van der Waals surface area (Å²) in [5, 5.41) is 33.7. The van der Waals surface area contributed by atoms with Crippen LogP contribution in [0.5, 0.6) is 0 Å². The summed E-state index contributed by atoms with van der Waals surface area (Å²) in [6, 6.07) is -1.12. The van der Waals surface area contributed by atoms with E-state index in [1.165, 1.54) is 12.0 Å². The van der Waals surface area contributed by atoms with E-state index in [0.717, 1.165) is 51.4 Å². The maximum Gasteiger partial charge on any atom is 0.329 e. The molecule has 0 aromatic carbocycles. The van der Waals surface area contributed by atoms with Gasteiger partial charge in [-0.3, -0.25) is 19.2 Å². The highest BCUT2D eigenvalue weighted by Crippen LogP contribution is 2.37. The number of Topliss-reactive ketones (excluding diaryl/α,β-unsaturated/α-hetero) is 3. The van der Waals surface area contributed by atoms with Gasteiger partial charge in [-0.2, -0.15) is 0 Å². The Balaban J connectivity index is 1.63. The molecule has 4 rings (SSSR count). The minimum absolute atomic E-state index is 0.110. The van der Waals surface area contributed by atoms with Gasteiger partial charge in [0.15, 0.2) is 5.78 Å². The van der Waals surface area contributed by atoms with E-state index < -0.39 is 71.8 Å². The molecular formula is C49H81NO13. The van der Waals surface area contributed by atoms with Crippen LogP contribution in [-0.2, 0) is 47.7 Å². The van der Waals surface area contributed by atoms with Gasteiger partial charge in [0.25, 0.3) is 11.7 Å². The molecule has 3 heterocycles. The highest BCUT2D eigenvalue weighted by molar-refractivity contribution is 6.39. The number of esters is 1. The first-order valence-electron chi connectivity index (χ1n) is 24.1. The number of fused-ring (bicyclic) bond motifs is 3. The summed E-state index contributed by atoms with van der Waals surface area (Å²) in [5.74, 6) is -7.54. The number of carbonyl (C=O) groups is 5. The summed E-state index contributed by atoms with van der Waals surface area (Å²) in [7, 11) is 4.62. The van der Waals surface area contributed by atoms with Gasteiger partial charge in [-0.1, -0.05) is 72.3 Å². The number of aliphatic hydroxyl groups is 3. The molecule has 14 nitrogen and oxygen atoms in total. The lowest BCUT2D eigenvalue weighted by atomic mass is 9.78. The van der Waals surface area contributed by atoms with E-state index in [2.05, 4.69) is 0 Å². The molecule has 1 saturated carbocycles. The molecule has 360 valence electrons. The van der Waals surface area contributed by atoms with Crippen LogP contribution < -0.4 is 0 Å². The maximum absolute atomic E-state index is 14.3. The number of methoxy groups -OCH3 is 3. The number of cyclic esters (lactones) is 1. The Morgan fingerprint density at radius 1 is 0.810 bits per heavy atom. The normalized spacial score (nSPS) is 38.9. The number of carbonyl (C=O) groups excluding carboxylic acids is 5. The Labute approximate surface area is 376 Å². The van der Waals surface area contributed by atoms with E-state index in [-0.39, 0.29) is 60.9 Å². The Morgan fingerprint density at radius 3 is 2.14 bits per heavy atom. The number of ketones is 3. The van der Waals surface area contributed by atoms with Crippen LogP contribution >= 0.6 is 0 Å². The second-order valence-corrected chi connectivity index (χ2v) is 19.5. The Bertz CT molecular complexity index is 1540. The number of nitrogens with zero attached hydrogens (tertiary/aromatic N) is 1. The van der Waals surface area contributed by atoms with Crippen LogP contribution in [0.25, 0.3) is 0 Å². The van der Waals surface area contributed by atoms with Crippen molar-refractivity contribution in [3.63, 3.8) is 0 Å². The van der Waals surface area contributed by atoms with E-state index in [0.29, 0.717) is 63.4 Å². The van der Waals surface area contributed by atoms with Gasteiger partial charge >= 0.3 is 5.97 Å². The lowest BCUT2D eigenvalue weighted by Gasteiger charge is -2.42. The molecule has 2 bridgehead atoms. The minimum Gasteiger partial charge on any atom is -0.460 e. The molecule has 0 aromatic rings. The van der Waals surface area contributed by atoms with Crippen molar-refractivity contribution in [1.29, 1.82) is 0 Å². The number of hydrogen-bond acceptors (Lipinski definition) is 13. The molecule has 3 aliphatic heterocycles. The zero-order chi connectivity index (χ0) is 46.4. The van der Waals surface area contributed by atoms with E-state index in [1.54, 1.807) is 41.1 Å². The number of aliphatic hydroxyl groups excluding tert-OH is 2. The van der Waals surface area contributed by atoms with Crippen LogP contribution in [0, 0.1) is 29.6 Å². The van der Waals surface area contributed by atoms with Gasteiger partial charge in [-0.15, -0.1) is 0 Å². The van der Waals surface area contributed by atoms with Crippen LogP contribution in [0.3, 0.4) is 0 Å². The molecule has 1 aliphatic carbocycles. The van der Waals surface area contributed by atoms with Crippen LogP contribution in [0.4, 0.5) is 0 Å². The third-order valence-electron chi connectivity index (χ3n) is 14.7. The molecule has 0 radical (unpaired) electrons. The van der Waals surface area contributed by atoms with E-state index in [9.17, 15) is 39.3 Å². The minimum atomic E-state index is -2.37. The fourth-order valence-corrected chi connectivity index (χ4v) is 10.3. The molecule has 3 N–H and O–H groups in total. The standard InChI is InChI=1S/C49H81NO13/c1-30-17-13-11-9-10-12-14-18-36(59-6)28-37-22-20-34(5)49(58,63-37)46(55)47(56)50-24-16-15-19-38(50)48(57)62-41(32(3)26-35-21-23-39(51)42(27-35)60-7)29-40(52)31(2)25-33(4)44(54)45(61-8)43(30)53/h25,30-32,34-39,41-42,44-45,51,54,58H,9-24,26-29H2,1-8H3/b33-25+/t30-,31-,32-,34-,35-,36-,37+,38+,39-,41+,42-,44-,45+,49-/m1/s1. The van der Waals surface area contributed by atoms with Crippen LogP contribution in [-0.4, -0.2) is 132 Å². The number of hydrogen-bond donors (Lipinski definition) is 3. The molecule has 3 fully saturated rings. The third-order valence-corrected chi connectivity index (χ3v) is 14.7. The zero-order valence-corrected chi connectivity index (χ0v) is 39.6. The van der Waals surface area contributed by atoms with E-state index in [4.69, 9.17) is 23.7 Å². The van der Waals surface area contributed by atoms with Crippen molar-refractivity contribution < 1.29 is 63.0 Å². The summed E-state index contributed by atoms with van der Waals surface area (Å²) < 4.78 is 29.3. The lowest BCUT2D eigenvalue weighted by molar-refractivity contribution is -0.266. The molecule has 2 saturated heterocycles. The van der Waals surface area contributed by atoms with Crippen molar-refractivity contribution in [2.45, 2.75) is 211 Å². The van der Waals surface area contributed by atoms with Crippen LogP contribution in [0.2, 0.25) is 0 Å². The number of rotatable bonds is 6. The number of amides is 1. The number of piperidine rings is 1. The van der Waals surface area contributed by atoms with Crippen LogP contribution in [0.1, 0.15) is 157 Å². The Kier molecular flexibility index (Phi) is 21.3. The van der Waals surface area contributed by atoms with Gasteiger partial charge in [0.05, 0.1) is 24.4 Å². The molecule has 14 atom stereocenters. The van der Waals surface area contributed by atoms with Gasteiger partial charge in [0, 0.05) is 52.0 Å². The second-order valence-electron chi connectivity index (χ2n) is 19.5. The smallest absolute Gasteiger partial charge is 0.329 e. The van der Waals surface area contributed by atoms with Crippen LogP contribution in [0.15, 0.2) is 11.6 Å². The predicted molar refractivity (Wildman–Crippen MR) is 236 cm³/mol. The monoisotopic (exact) mass is 892 g/mol. The number of allylic oxidation sites excluding steroid dienone is 1. The largest absolute Gasteiger partial charge is 0.460 e. The topological polar surface area (TPSA) is 195 Å². The molecule has 14 heteroatoms. The Morgan fingerprint density at radius 2 is 1.48 bits per heavy atom. The first-order valence-corrected chi connectivity index (χ1v) is 24.1. The summed E-state index contributed by atoms with van der Waals surface area (Å²) in [6.07, 6.45) is 9.23. The van der Waals surface area contributed by atoms with E-state index >= 15 is 0 Å². The summed E-state index contributed by atoms with van der Waals surface area (Å²) in [5.41, 5.74) is 0.418. The summed E-state index contributed by atoms with van der Waals surface area (Å²) in [4.78, 5) is 71.5. The van der Waals surface area contributed by atoms with Crippen molar-refractivity contribution in [3.8, 4) is 0 Å². The average Bonchev–Trinajstić information content (AvgIpc) is 3.27. The van der Waals surface area contributed by atoms with Crippen molar-refractivity contribution in [2.75, 3.05) is 27.9 Å². The SMILES string of the molecule is CO[C@@H]1CCCCCCCC[C@@H](C)C(=O)[C@H](OC)[C@H](O)/C(C)=C/[C@@H](C)C(=O)C[C@@H]([C@H](C)C[C@H]2CC[C@@H](O)[C@H](OC)C2)OC(=O)[C@@H]2CCCCN2C(=O)C(=O)[C@]2(O)O[C@@H](CC[C@H]2C)C1. The van der Waals surface area contributed by atoms with Crippen molar-refractivity contribution in [2.24, 2.45) is 29.6 Å². The quantitative estimate of drug-likeness (QED) is 0.155. The first-order chi connectivity index (χ1) is 29.9. The van der Waals surface area contributed by atoms with Gasteiger partial charge in [-0.25, -0.2) is 4.79 Å². The van der Waals surface area contributed by atoms with E-state index in [1.807, 2.05) is 13.8 Å². The molecule has 0 aromatic heterocycles. The maximum atomic E-state index is 14.3. The summed E-state index contributed by atoms with van der Waals surface area (Å²) in [6.45, 7) is 8.96. The molecule has 0 unspecified atom stereocenters. The fraction of sp³-hybridized carbons (Fsp3) is 0.857. The highest BCUT2D eigenvalue weighted by Gasteiger charge is 2.53. The third kappa shape index (κ3) is 14.4. The number of ether oxygens (including phenoxy) is 5. The van der Waals surface area contributed by atoms with Gasteiger partial charge in [0.1, 0.15) is 30.1 Å². The zero-order valence-electron chi connectivity index (χ0n) is 39.6. The van der Waals surface area contributed by atoms with Gasteiger partial charge < -0.3 is 43.9 Å². The molecule has 63 heavy (non-hydrogen) atoms. The van der Waals surface area contributed by atoms with Crippen molar-refractivity contribution in [1.82, 2.24) is 4.90 Å². The average molecular weight is 892 g/mol. The van der Waals surface area contributed by atoms with Crippen molar-refractivity contribution >= 4 is 29.2 Å². The predicted octanol–water partition coefficient (Wildman–Crippen LogP) is 6.22. The highest BCUT2D eigenvalue weighted by atomic mass is 16.6. The molecule has 4 aliphatic rings. The van der Waals surface area contributed by atoms with Gasteiger partial charge in [-0.05, 0) is 101 Å². The second kappa shape index (κ2) is 25.4. The molecule has 1 amide bonds. The fourth-order valence-electron chi connectivity index (χ4n) is 10.3. The first kappa shape index (κ1) is 53.0. The lowest BCUT2D eigenvalue weighted by Crippen LogP contribution is -2.61. The molecule has 0 spiro atoms. The van der Waals surface area contributed by atoms with Crippen molar-refractivity contribution in [3.05, 3.63) is 11.6 Å². The molecular weight excluding hydrogens is 811 g/mol. The summed E-state index contributed by atoms with van der Waals surface area (Å²) >= 11 is 0.